The summed E-state index contributed by atoms with van der Waals surface area (Å²) in [6.45, 7) is 0.500. The highest BCUT2D eigenvalue weighted by atomic mass is 16.5. The van der Waals surface area contributed by atoms with Crippen molar-refractivity contribution in [2.45, 2.75) is 0 Å². The number of anilines is 2. The summed E-state index contributed by atoms with van der Waals surface area (Å²) in [6, 6.07) is 4.23. The minimum atomic E-state index is -1.16. The predicted octanol–water partition coefficient (Wildman–Crippen LogP) is 0.568. The number of hydrogen-bond donors (Lipinski definition) is 3. The first-order valence-corrected chi connectivity index (χ1v) is 5.54. The molecule has 0 unspecified atom stereocenters. The number of rotatable bonds is 7. The molecule has 0 saturated carbocycles. The van der Waals surface area contributed by atoms with E-state index in [-0.39, 0.29) is 24.5 Å². The van der Waals surface area contributed by atoms with Gasteiger partial charge in [-0.3, -0.25) is 4.79 Å². The summed E-state index contributed by atoms with van der Waals surface area (Å²) in [6.07, 6.45) is 0. The number of aromatic carboxylic acids is 1. The van der Waals surface area contributed by atoms with Gasteiger partial charge in [0.1, 0.15) is 6.61 Å². The van der Waals surface area contributed by atoms with Crippen molar-refractivity contribution in [3.05, 3.63) is 23.8 Å². The Hall–Kier alpha value is -2.12. The zero-order chi connectivity index (χ0) is 14.3. The van der Waals surface area contributed by atoms with Gasteiger partial charge in [0.25, 0.3) is 0 Å². The molecule has 104 valence electrons. The number of carboxylic acids is 1. The molecule has 0 aliphatic rings. The molecule has 1 aromatic carbocycles. The van der Waals surface area contributed by atoms with Crippen LogP contribution in [0.3, 0.4) is 0 Å². The summed E-state index contributed by atoms with van der Waals surface area (Å²) in [5, 5.41) is 11.4. The van der Waals surface area contributed by atoms with E-state index in [9.17, 15) is 9.59 Å². The first kappa shape index (κ1) is 14.9. The summed E-state index contributed by atoms with van der Waals surface area (Å²) < 4.78 is 9.78. The zero-order valence-electron chi connectivity index (χ0n) is 10.5. The van der Waals surface area contributed by atoms with E-state index in [1.165, 1.54) is 25.3 Å². The van der Waals surface area contributed by atoms with Gasteiger partial charge in [-0.15, -0.1) is 0 Å². The number of nitrogens with one attached hydrogen (secondary N) is 1. The molecule has 0 aliphatic heterocycles. The van der Waals surface area contributed by atoms with Crippen LogP contribution in [0.2, 0.25) is 0 Å². The topological polar surface area (TPSA) is 111 Å². The van der Waals surface area contributed by atoms with Crippen LogP contribution >= 0.6 is 0 Å². The predicted molar refractivity (Wildman–Crippen MR) is 69.1 cm³/mol. The third kappa shape index (κ3) is 4.94. The Morgan fingerprint density at radius 1 is 1.37 bits per heavy atom. The van der Waals surface area contributed by atoms with Gasteiger partial charge >= 0.3 is 5.97 Å². The number of hydrogen-bond acceptors (Lipinski definition) is 5. The number of ether oxygens (including phenoxy) is 2. The van der Waals surface area contributed by atoms with Crippen LogP contribution in [0.1, 0.15) is 10.4 Å². The van der Waals surface area contributed by atoms with Gasteiger partial charge in [0.15, 0.2) is 0 Å². The highest BCUT2D eigenvalue weighted by molar-refractivity contribution is 6.01. The number of carbonyl (C=O) groups excluding carboxylic acids is 1. The first-order valence-electron chi connectivity index (χ1n) is 5.54. The molecule has 0 heterocycles. The smallest absolute Gasteiger partial charge is 0.337 e. The Labute approximate surface area is 110 Å². The van der Waals surface area contributed by atoms with Crippen molar-refractivity contribution >= 4 is 23.3 Å². The van der Waals surface area contributed by atoms with Crippen molar-refractivity contribution < 1.29 is 24.2 Å². The van der Waals surface area contributed by atoms with Gasteiger partial charge in [0.2, 0.25) is 5.91 Å². The summed E-state index contributed by atoms with van der Waals surface area (Å²) in [5.74, 6) is -1.61. The van der Waals surface area contributed by atoms with E-state index in [0.29, 0.717) is 12.3 Å². The first-order chi connectivity index (χ1) is 9.04. The van der Waals surface area contributed by atoms with Crippen molar-refractivity contribution in [2.75, 3.05) is 38.0 Å². The molecule has 1 amide bonds. The SMILES string of the molecule is COCCOCC(=O)Nc1ccc(N)cc1C(=O)O. The molecule has 0 fully saturated rings. The number of nitrogens with two attached hydrogens (primary N) is 1. The molecule has 0 bridgehead atoms. The molecule has 0 saturated heterocycles. The summed E-state index contributed by atoms with van der Waals surface area (Å²) in [4.78, 5) is 22.5. The summed E-state index contributed by atoms with van der Waals surface area (Å²) in [7, 11) is 1.52. The number of methoxy groups -OCH3 is 1. The zero-order valence-corrected chi connectivity index (χ0v) is 10.5. The molecule has 1 aromatic rings. The Balaban J connectivity index is 2.61. The van der Waals surface area contributed by atoms with Crippen LogP contribution in [-0.2, 0) is 14.3 Å². The second-order valence-electron chi connectivity index (χ2n) is 3.70. The Bertz CT molecular complexity index is 461. The van der Waals surface area contributed by atoms with E-state index in [0.717, 1.165) is 0 Å². The van der Waals surface area contributed by atoms with E-state index in [1.807, 2.05) is 0 Å². The van der Waals surface area contributed by atoms with Gasteiger partial charge in [-0.2, -0.15) is 0 Å². The maximum atomic E-state index is 11.5. The van der Waals surface area contributed by atoms with Crippen LogP contribution in [0.5, 0.6) is 0 Å². The Morgan fingerprint density at radius 3 is 2.74 bits per heavy atom. The monoisotopic (exact) mass is 268 g/mol. The van der Waals surface area contributed by atoms with Crippen molar-refractivity contribution in [1.29, 1.82) is 0 Å². The maximum Gasteiger partial charge on any atom is 0.337 e. The molecule has 0 radical (unpaired) electrons. The fraction of sp³-hybridized carbons (Fsp3) is 0.333. The lowest BCUT2D eigenvalue weighted by Crippen LogP contribution is -2.21. The fourth-order valence-corrected chi connectivity index (χ4v) is 1.34. The number of carboxylic acid groups (broad SMARTS) is 1. The van der Waals surface area contributed by atoms with Crippen LogP contribution in [0.25, 0.3) is 0 Å². The lowest BCUT2D eigenvalue weighted by molar-refractivity contribution is -0.121. The normalized spacial score (nSPS) is 10.2. The van der Waals surface area contributed by atoms with E-state index in [4.69, 9.17) is 20.3 Å². The lowest BCUT2D eigenvalue weighted by atomic mass is 10.1. The average Bonchev–Trinajstić information content (AvgIpc) is 2.36. The molecular formula is C12H16N2O5. The highest BCUT2D eigenvalue weighted by Gasteiger charge is 2.12. The van der Waals surface area contributed by atoms with Gasteiger partial charge in [-0.1, -0.05) is 0 Å². The van der Waals surface area contributed by atoms with Crippen molar-refractivity contribution in [1.82, 2.24) is 0 Å². The number of benzene rings is 1. The van der Waals surface area contributed by atoms with Gasteiger partial charge in [0, 0.05) is 12.8 Å². The molecule has 0 aromatic heterocycles. The molecule has 7 nitrogen and oxygen atoms in total. The molecule has 19 heavy (non-hydrogen) atoms. The van der Waals surface area contributed by atoms with Crippen LogP contribution in [-0.4, -0.2) is 43.9 Å². The van der Waals surface area contributed by atoms with Crippen molar-refractivity contribution in [3.8, 4) is 0 Å². The van der Waals surface area contributed by atoms with Gasteiger partial charge in [-0.25, -0.2) is 4.79 Å². The molecule has 0 aliphatic carbocycles. The van der Waals surface area contributed by atoms with Crippen LogP contribution in [0.4, 0.5) is 11.4 Å². The standard InChI is InChI=1S/C12H16N2O5/c1-18-4-5-19-7-11(15)14-10-3-2-8(13)6-9(10)12(16)17/h2-3,6H,4-5,7,13H2,1H3,(H,14,15)(H,16,17). The fourth-order valence-electron chi connectivity index (χ4n) is 1.34. The Kier molecular flexibility index (Phi) is 5.77. The van der Waals surface area contributed by atoms with Gasteiger partial charge in [0.05, 0.1) is 24.5 Å². The van der Waals surface area contributed by atoms with Crippen LogP contribution < -0.4 is 11.1 Å². The highest BCUT2D eigenvalue weighted by Crippen LogP contribution is 2.18. The largest absolute Gasteiger partial charge is 0.478 e. The molecule has 4 N–H and O–H groups in total. The van der Waals surface area contributed by atoms with E-state index in [1.54, 1.807) is 0 Å². The van der Waals surface area contributed by atoms with E-state index in [2.05, 4.69) is 5.32 Å². The van der Waals surface area contributed by atoms with Crippen LogP contribution in [0.15, 0.2) is 18.2 Å². The minimum absolute atomic E-state index is 0.0646. The second-order valence-corrected chi connectivity index (χ2v) is 3.70. The minimum Gasteiger partial charge on any atom is -0.478 e. The molecule has 0 atom stereocenters. The lowest BCUT2D eigenvalue weighted by Gasteiger charge is -2.09. The number of carbonyl (C=O) groups is 2. The summed E-state index contributed by atoms with van der Waals surface area (Å²) in [5.41, 5.74) is 5.92. The molecule has 7 heteroatoms. The molecule has 0 spiro atoms. The quantitative estimate of drug-likeness (QED) is 0.492. The molecular weight excluding hydrogens is 252 g/mol. The van der Waals surface area contributed by atoms with Gasteiger partial charge < -0.3 is 25.6 Å². The molecule has 1 rings (SSSR count). The average molecular weight is 268 g/mol. The van der Waals surface area contributed by atoms with E-state index >= 15 is 0 Å². The van der Waals surface area contributed by atoms with Crippen molar-refractivity contribution in [2.24, 2.45) is 0 Å². The van der Waals surface area contributed by atoms with E-state index < -0.39 is 11.9 Å². The number of amides is 1. The summed E-state index contributed by atoms with van der Waals surface area (Å²) >= 11 is 0. The van der Waals surface area contributed by atoms with Crippen LogP contribution in [0, 0.1) is 0 Å². The van der Waals surface area contributed by atoms with Gasteiger partial charge in [-0.05, 0) is 18.2 Å². The van der Waals surface area contributed by atoms with Crippen molar-refractivity contribution in [3.63, 3.8) is 0 Å². The Morgan fingerprint density at radius 2 is 2.11 bits per heavy atom. The third-order valence-corrected chi connectivity index (χ3v) is 2.21. The second kappa shape index (κ2) is 7.34. The third-order valence-electron chi connectivity index (χ3n) is 2.21. The maximum absolute atomic E-state index is 11.5. The number of nitrogen functional groups attached to an aromatic ring is 1.